The van der Waals surface area contributed by atoms with Crippen LogP contribution >= 0.6 is 0 Å². The molecule has 0 saturated heterocycles. The SMILES string of the molecule is CNCC(C)C[C@H](C)C(C)=O. The Labute approximate surface area is 69.4 Å². The van der Waals surface area contributed by atoms with Gasteiger partial charge < -0.3 is 5.32 Å². The zero-order valence-corrected chi connectivity index (χ0v) is 7.98. The minimum Gasteiger partial charge on any atom is -0.319 e. The number of ketones is 1. The lowest BCUT2D eigenvalue weighted by Crippen LogP contribution is -2.20. The lowest BCUT2D eigenvalue weighted by molar-refractivity contribution is -0.120. The van der Waals surface area contributed by atoms with Crippen LogP contribution in [0.1, 0.15) is 27.2 Å². The van der Waals surface area contributed by atoms with E-state index < -0.39 is 0 Å². The van der Waals surface area contributed by atoms with Gasteiger partial charge in [-0.3, -0.25) is 4.79 Å². The highest BCUT2D eigenvalue weighted by Gasteiger charge is 2.11. The molecule has 0 spiro atoms. The number of nitrogens with one attached hydrogen (secondary N) is 1. The summed E-state index contributed by atoms with van der Waals surface area (Å²) in [5, 5.41) is 3.10. The third-order valence-electron chi connectivity index (χ3n) is 2.00. The molecule has 11 heavy (non-hydrogen) atoms. The molecule has 0 aliphatic carbocycles. The van der Waals surface area contributed by atoms with Crippen LogP contribution in [0.3, 0.4) is 0 Å². The Morgan fingerprint density at radius 1 is 1.45 bits per heavy atom. The maximum atomic E-state index is 10.9. The van der Waals surface area contributed by atoms with Crippen molar-refractivity contribution in [3.63, 3.8) is 0 Å². The van der Waals surface area contributed by atoms with E-state index in [1.54, 1.807) is 6.92 Å². The van der Waals surface area contributed by atoms with E-state index in [-0.39, 0.29) is 5.92 Å². The maximum Gasteiger partial charge on any atom is 0.132 e. The molecule has 0 aliphatic rings. The Morgan fingerprint density at radius 2 is 2.00 bits per heavy atom. The second kappa shape index (κ2) is 5.30. The molecule has 66 valence electrons. The van der Waals surface area contributed by atoms with E-state index in [4.69, 9.17) is 0 Å². The van der Waals surface area contributed by atoms with Gasteiger partial charge in [0, 0.05) is 5.92 Å². The first kappa shape index (κ1) is 10.6. The van der Waals surface area contributed by atoms with Crippen LogP contribution in [0.2, 0.25) is 0 Å². The van der Waals surface area contributed by atoms with Gasteiger partial charge in [0.2, 0.25) is 0 Å². The smallest absolute Gasteiger partial charge is 0.132 e. The largest absolute Gasteiger partial charge is 0.319 e. The summed E-state index contributed by atoms with van der Waals surface area (Å²) in [5.74, 6) is 1.12. The molecule has 0 fully saturated rings. The van der Waals surface area contributed by atoms with Gasteiger partial charge in [0.05, 0.1) is 0 Å². The van der Waals surface area contributed by atoms with Crippen molar-refractivity contribution in [2.75, 3.05) is 13.6 Å². The van der Waals surface area contributed by atoms with Crippen molar-refractivity contribution in [1.29, 1.82) is 0 Å². The highest BCUT2D eigenvalue weighted by atomic mass is 16.1. The van der Waals surface area contributed by atoms with Crippen LogP contribution in [0.4, 0.5) is 0 Å². The van der Waals surface area contributed by atoms with E-state index in [9.17, 15) is 4.79 Å². The van der Waals surface area contributed by atoms with Crippen molar-refractivity contribution in [2.45, 2.75) is 27.2 Å². The average molecular weight is 157 g/mol. The summed E-state index contributed by atoms with van der Waals surface area (Å²) in [7, 11) is 1.94. The number of rotatable bonds is 5. The fourth-order valence-electron chi connectivity index (χ4n) is 1.20. The van der Waals surface area contributed by atoms with Crippen LogP contribution in [0.25, 0.3) is 0 Å². The highest BCUT2D eigenvalue weighted by Crippen LogP contribution is 2.11. The lowest BCUT2D eigenvalue weighted by Gasteiger charge is -2.13. The Balaban J connectivity index is 3.56. The molecule has 0 radical (unpaired) electrons. The molecule has 2 atom stereocenters. The third kappa shape index (κ3) is 4.96. The number of hydrogen-bond acceptors (Lipinski definition) is 2. The zero-order chi connectivity index (χ0) is 8.85. The first-order valence-corrected chi connectivity index (χ1v) is 4.23. The topological polar surface area (TPSA) is 29.1 Å². The van der Waals surface area contributed by atoms with Gasteiger partial charge in [0.1, 0.15) is 5.78 Å². The third-order valence-corrected chi connectivity index (χ3v) is 2.00. The Hall–Kier alpha value is -0.370. The molecular weight excluding hydrogens is 138 g/mol. The highest BCUT2D eigenvalue weighted by molar-refractivity contribution is 5.77. The predicted molar refractivity (Wildman–Crippen MR) is 47.6 cm³/mol. The van der Waals surface area contributed by atoms with Crippen molar-refractivity contribution in [2.24, 2.45) is 11.8 Å². The summed E-state index contributed by atoms with van der Waals surface area (Å²) in [4.78, 5) is 10.9. The Bertz CT molecular complexity index is 123. The normalized spacial score (nSPS) is 16.0. The monoisotopic (exact) mass is 157 g/mol. The van der Waals surface area contributed by atoms with Crippen LogP contribution in [-0.4, -0.2) is 19.4 Å². The van der Waals surface area contributed by atoms with E-state index in [2.05, 4.69) is 12.2 Å². The summed E-state index contributed by atoms with van der Waals surface area (Å²) in [6.07, 6.45) is 0.996. The van der Waals surface area contributed by atoms with Gasteiger partial charge in [-0.05, 0) is 32.9 Å². The Kier molecular flexibility index (Phi) is 5.12. The van der Waals surface area contributed by atoms with Crippen LogP contribution in [-0.2, 0) is 4.79 Å². The van der Waals surface area contributed by atoms with Gasteiger partial charge in [-0.2, -0.15) is 0 Å². The second-order valence-corrected chi connectivity index (χ2v) is 3.41. The minimum atomic E-state index is 0.221. The van der Waals surface area contributed by atoms with E-state index in [1.807, 2.05) is 14.0 Å². The van der Waals surface area contributed by atoms with Crippen LogP contribution in [0.15, 0.2) is 0 Å². The van der Waals surface area contributed by atoms with Gasteiger partial charge in [-0.15, -0.1) is 0 Å². The summed E-state index contributed by atoms with van der Waals surface area (Å²) >= 11 is 0. The molecule has 1 N–H and O–H groups in total. The van der Waals surface area contributed by atoms with E-state index in [0.717, 1.165) is 13.0 Å². The zero-order valence-electron chi connectivity index (χ0n) is 7.98. The van der Waals surface area contributed by atoms with Crippen molar-refractivity contribution in [1.82, 2.24) is 5.32 Å². The minimum absolute atomic E-state index is 0.221. The molecular formula is C9H19NO. The quantitative estimate of drug-likeness (QED) is 0.654. The molecule has 0 aromatic carbocycles. The molecule has 1 unspecified atom stereocenters. The van der Waals surface area contributed by atoms with Gasteiger partial charge in [-0.1, -0.05) is 13.8 Å². The van der Waals surface area contributed by atoms with E-state index in [1.165, 1.54) is 0 Å². The standard InChI is InChI=1S/C9H19NO/c1-7(6-10-4)5-8(2)9(3)11/h7-8,10H,5-6H2,1-4H3/t7?,8-/m0/s1. The number of carbonyl (C=O) groups is 1. The molecule has 0 heterocycles. The molecule has 0 aromatic heterocycles. The average Bonchev–Trinajstić information content (AvgIpc) is 1.87. The maximum absolute atomic E-state index is 10.9. The molecule has 0 aromatic rings. The van der Waals surface area contributed by atoms with Gasteiger partial charge in [0.15, 0.2) is 0 Å². The van der Waals surface area contributed by atoms with Crippen molar-refractivity contribution in [3.8, 4) is 0 Å². The summed E-state index contributed by atoms with van der Waals surface area (Å²) in [6, 6.07) is 0. The van der Waals surface area contributed by atoms with Crippen molar-refractivity contribution < 1.29 is 4.79 Å². The molecule has 0 bridgehead atoms. The summed E-state index contributed by atoms with van der Waals surface area (Å²) < 4.78 is 0. The van der Waals surface area contributed by atoms with E-state index in [0.29, 0.717) is 11.7 Å². The molecule has 0 aliphatic heterocycles. The fraction of sp³-hybridized carbons (Fsp3) is 0.889. The molecule has 0 saturated carbocycles. The van der Waals surface area contributed by atoms with Crippen molar-refractivity contribution >= 4 is 5.78 Å². The van der Waals surface area contributed by atoms with E-state index >= 15 is 0 Å². The molecule has 2 nitrogen and oxygen atoms in total. The molecule has 0 rings (SSSR count). The second-order valence-electron chi connectivity index (χ2n) is 3.41. The van der Waals surface area contributed by atoms with Crippen LogP contribution in [0, 0.1) is 11.8 Å². The van der Waals surface area contributed by atoms with Gasteiger partial charge in [0.25, 0.3) is 0 Å². The molecule has 0 amide bonds. The van der Waals surface area contributed by atoms with Crippen LogP contribution in [0.5, 0.6) is 0 Å². The number of Topliss-reactive ketones (excluding diaryl/α,β-unsaturated/α-hetero) is 1. The van der Waals surface area contributed by atoms with Crippen molar-refractivity contribution in [3.05, 3.63) is 0 Å². The predicted octanol–water partition coefficient (Wildman–Crippen LogP) is 1.46. The summed E-state index contributed by atoms with van der Waals surface area (Å²) in [6.45, 7) is 6.82. The fourth-order valence-corrected chi connectivity index (χ4v) is 1.20. The first-order chi connectivity index (χ1) is 5.07. The lowest BCUT2D eigenvalue weighted by atomic mass is 9.95. The number of hydrogen-bond donors (Lipinski definition) is 1. The first-order valence-electron chi connectivity index (χ1n) is 4.23. The van der Waals surface area contributed by atoms with Gasteiger partial charge in [-0.25, -0.2) is 0 Å². The Morgan fingerprint density at radius 3 is 2.36 bits per heavy atom. The van der Waals surface area contributed by atoms with Crippen LogP contribution < -0.4 is 5.32 Å². The number of carbonyl (C=O) groups excluding carboxylic acids is 1. The summed E-state index contributed by atoms with van der Waals surface area (Å²) in [5.41, 5.74) is 0. The molecule has 2 heteroatoms. The van der Waals surface area contributed by atoms with Gasteiger partial charge >= 0.3 is 0 Å².